The molecule has 0 saturated carbocycles. The third-order valence-electron chi connectivity index (χ3n) is 3.75. The van der Waals surface area contributed by atoms with Crippen LogP contribution in [0, 0.1) is 0 Å². The van der Waals surface area contributed by atoms with Gasteiger partial charge in [0.2, 0.25) is 0 Å². The number of thioether (sulfide) groups is 1. The Bertz CT molecular complexity index is 896. The SMILES string of the molecule is O=C1C(=Cc2ccc(Br)cc2)SC(=S)N1c1ccc2c(c1)OCCO2. The summed E-state index contributed by atoms with van der Waals surface area (Å²) in [5.41, 5.74) is 1.64. The number of nitrogens with zero attached hydrogens (tertiary/aromatic N) is 1. The summed E-state index contributed by atoms with van der Waals surface area (Å²) in [4.78, 5) is 15.0. The maximum Gasteiger partial charge on any atom is 0.270 e. The first kappa shape index (κ1) is 16.6. The molecule has 2 aliphatic heterocycles. The van der Waals surface area contributed by atoms with Crippen molar-refractivity contribution in [2.24, 2.45) is 0 Å². The summed E-state index contributed by atoms with van der Waals surface area (Å²) >= 11 is 10.1. The fraction of sp³-hybridized carbons (Fsp3) is 0.111. The molecule has 126 valence electrons. The lowest BCUT2D eigenvalue weighted by Crippen LogP contribution is -2.27. The molecule has 7 heteroatoms. The summed E-state index contributed by atoms with van der Waals surface area (Å²) in [5, 5.41) is 0. The van der Waals surface area contributed by atoms with Gasteiger partial charge < -0.3 is 9.47 Å². The van der Waals surface area contributed by atoms with Crippen molar-refractivity contribution in [1.29, 1.82) is 0 Å². The first-order valence-corrected chi connectivity index (χ1v) is 9.57. The van der Waals surface area contributed by atoms with E-state index in [2.05, 4.69) is 15.9 Å². The van der Waals surface area contributed by atoms with E-state index in [9.17, 15) is 4.79 Å². The Balaban J connectivity index is 1.64. The molecule has 0 unspecified atom stereocenters. The number of thiocarbonyl (C=S) groups is 1. The highest BCUT2D eigenvalue weighted by molar-refractivity contribution is 9.10. The Hall–Kier alpha value is -1.83. The fourth-order valence-electron chi connectivity index (χ4n) is 2.57. The first-order valence-electron chi connectivity index (χ1n) is 7.55. The van der Waals surface area contributed by atoms with E-state index in [4.69, 9.17) is 21.7 Å². The molecule has 0 radical (unpaired) electrons. The minimum atomic E-state index is -0.130. The third kappa shape index (κ3) is 3.31. The molecule has 2 aromatic carbocycles. The van der Waals surface area contributed by atoms with E-state index < -0.39 is 0 Å². The average molecular weight is 434 g/mol. The van der Waals surface area contributed by atoms with Crippen LogP contribution in [0.2, 0.25) is 0 Å². The van der Waals surface area contributed by atoms with Gasteiger partial charge in [0.25, 0.3) is 5.91 Å². The molecule has 0 aliphatic carbocycles. The smallest absolute Gasteiger partial charge is 0.270 e. The Morgan fingerprint density at radius 1 is 1.08 bits per heavy atom. The van der Waals surface area contributed by atoms with Crippen LogP contribution in [-0.4, -0.2) is 23.4 Å². The van der Waals surface area contributed by atoms with Gasteiger partial charge in [0.15, 0.2) is 15.8 Å². The molecule has 2 aromatic rings. The molecule has 0 spiro atoms. The van der Waals surface area contributed by atoms with Crippen LogP contribution in [0.25, 0.3) is 6.08 Å². The van der Waals surface area contributed by atoms with E-state index in [1.807, 2.05) is 36.4 Å². The highest BCUT2D eigenvalue weighted by Crippen LogP contribution is 2.40. The van der Waals surface area contributed by atoms with Crippen molar-refractivity contribution in [2.75, 3.05) is 18.1 Å². The average Bonchev–Trinajstić information content (AvgIpc) is 2.90. The van der Waals surface area contributed by atoms with Crippen LogP contribution in [-0.2, 0) is 4.79 Å². The minimum Gasteiger partial charge on any atom is -0.486 e. The van der Waals surface area contributed by atoms with Crippen LogP contribution >= 0.6 is 39.9 Å². The monoisotopic (exact) mass is 433 g/mol. The van der Waals surface area contributed by atoms with Crippen molar-refractivity contribution in [3.05, 3.63) is 57.4 Å². The molecule has 2 heterocycles. The number of carbonyl (C=O) groups excluding carboxylic acids is 1. The lowest BCUT2D eigenvalue weighted by Gasteiger charge is -2.21. The number of anilines is 1. The van der Waals surface area contributed by atoms with Crippen LogP contribution in [0.5, 0.6) is 11.5 Å². The van der Waals surface area contributed by atoms with Crippen molar-refractivity contribution in [3.8, 4) is 11.5 Å². The zero-order valence-corrected chi connectivity index (χ0v) is 16.1. The lowest BCUT2D eigenvalue weighted by atomic mass is 10.2. The number of fused-ring (bicyclic) bond motifs is 1. The molecule has 1 fully saturated rings. The number of ether oxygens (including phenoxy) is 2. The van der Waals surface area contributed by atoms with Gasteiger partial charge in [-0.1, -0.05) is 52.0 Å². The summed E-state index contributed by atoms with van der Waals surface area (Å²) in [6.07, 6.45) is 1.85. The standard InChI is InChI=1S/C18H12BrNO3S2/c19-12-3-1-11(2-4-12)9-16-17(21)20(18(24)25-16)13-5-6-14-15(10-13)23-8-7-22-14/h1-6,9-10H,7-8H2. The summed E-state index contributed by atoms with van der Waals surface area (Å²) < 4.78 is 12.6. The first-order chi connectivity index (χ1) is 12.1. The fourth-order valence-corrected chi connectivity index (χ4v) is 4.14. The second-order valence-electron chi connectivity index (χ2n) is 5.40. The van der Waals surface area contributed by atoms with Gasteiger partial charge in [-0.15, -0.1) is 0 Å². The Kier molecular flexibility index (Phi) is 4.54. The molecule has 1 saturated heterocycles. The van der Waals surface area contributed by atoms with Crippen molar-refractivity contribution in [1.82, 2.24) is 0 Å². The van der Waals surface area contributed by atoms with Gasteiger partial charge in [0.1, 0.15) is 13.2 Å². The van der Waals surface area contributed by atoms with Crippen molar-refractivity contribution in [3.63, 3.8) is 0 Å². The summed E-state index contributed by atoms with van der Waals surface area (Å²) in [6.45, 7) is 1.03. The van der Waals surface area contributed by atoms with E-state index in [1.54, 1.807) is 12.1 Å². The second kappa shape index (κ2) is 6.82. The maximum atomic E-state index is 12.8. The van der Waals surface area contributed by atoms with E-state index in [0.717, 1.165) is 10.0 Å². The largest absolute Gasteiger partial charge is 0.486 e. The molecule has 4 rings (SSSR count). The molecular weight excluding hydrogens is 422 g/mol. The minimum absolute atomic E-state index is 0.130. The number of hydrogen-bond donors (Lipinski definition) is 0. The normalized spacial score (nSPS) is 18.1. The van der Waals surface area contributed by atoms with E-state index in [1.165, 1.54) is 16.7 Å². The summed E-state index contributed by atoms with van der Waals surface area (Å²) in [7, 11) is 0. The van der Waals surface area contributed by atoms with Crippen LogP contribution in [0.4, 0.5) is 5.69 Å². The van der Waals surface area contributed by atoms with Gasteiger partial charge in [-0.3, -0.25) is 9.69 Å². The van der Waals surface area contributed by atoms with Crippen LogP contribution in [0.15, 0.2) is 51.8 Å². The van der Waals surface area contributed by atoms with Gasteiger partial charge in [-0.25, -0.2) is 0 Å². The molecule has 1 amide bonds. The molecule has 25 heavy (non-hydrogen) atoms. The van der Waals surface area contributed by atoms with Crippen molar-refractivity contribution in [2.45, 2.75) is 0 Å². The van der Waals surface area contributed by atoms with E-state index in [0.29, 0.717) is 39.6 Å². The lowest BCUT2D eigenvalue weighted by molar-refractivity contribution is -0.113. The zero-order valence-electron chi connectivity index (χ0n) is 12.9. The van der Waals surface area contributed by atoms with E-state index >= 15 is 0 Å². The number of halogens is 1. The Morgan fingerprint density at radius 3 is 2.56 bits per heavy atom. The number of hydrogen-bond acceptors (Lipinski definition) is 5. The predicted octanol–water partition coefficient (Wildman–Crippen LogP) is 4.63. The molecule has 0 aromatic heterocycles. The van der Waals surface area contributed by atoms with Crippen LogP contribution in [0.1, 0.15) is 5.56 Å². The predicted molar refractivity (Wildman–Crippen MR) is 107 cm³/mol. The molecular formula is C18H12BrNO3S2. The summed E-state index contributed by atoms with van der Waals surface area (Å²) in [5.74, 6) is 1.19. The summed E-state index contributed by atoms with van der Waals surface area (Å²) in [6, 6.07) is 13.2. The number of rotatable bonds is 2. The van der Waals surface area contributed by atoms with Gasteiger partial charge in [-0.05, 0) is 35.9 Å². The number of carbonyl (C=O) groups is 1. The second-order valence-corrected chi connectivity index (χ2v) is 7.99. The number of amides is 1. The zero-order chi connectivity index (χ0) is 17.4. The molecule has 0 N–H and O–H groups in total. The van der Waals surface area contributed by atoms with Crippen LogP contribution < -0.4 is 14.4 Å². The van der Waals surface area contributed by atoms with Gasteiger partial charge >= 0.3 is 0 Å². The highest BCUT2D eigenvalue weighted by atomic mass is 79.9. The molecule has 2 aliphatic rings. The van der Waals surface area contributed by atoms with Gasteiger partial charge in [-0.2, -0.15) is 0 Å². The van der Waals surface area contributed by atoms with E-state index in [-0.39, 0.29) is 5.91 Å². The number of benzene rings is 2. The third-order valence-corrected chi connectivity index (χ3v) is 5.58. The van der Waals surface area contributed by atoms with Gasteiger partial charge in [0, 0.05) is 10.5 Å². The highest BCUT2D eigenvalue weighted by Gasteiger charge is 2.34. The maximum absolute atomic E-state index is 12.8. The van der Waals surface area contributed by atoms with Gasteiger partial charge in [0.05, 0.1) is 10.6 Å². The Morgan fingerprint density at radius 2 is 1.80 bits per heavy atom. The Labute approximate surface area is 162 Å². The molecule has 0 atom stereocenters. The van der Waals surface area contributed by atoms with Crippen molar-refractivity contribution >= 4 is 61.9 Å². The molecule has 4 nitrogen and oxygen atoms in total. The quantitative estimate of drug-likeness (QED) is 0.509. The molecule has 0 bridgehead atoms. The van der Waals surface area contributed by atoms with Crippen molar-refractivity contribution < 1.29 is 14.3 Å². The topological polar surface area (TPSA) is 38.8 Å². The van der Waals surface area contributed by atoms with Crippen LogP contribution in [0.3, 0.4) is 0 Å².